The van der Waals surface area contributed by atoms with Crippen molar-refractivity contribution >= 4 is 23.4 Å². The number of Topliss-reactive ketones (excluding diaryl/α,β-unsaturated/α-hetero) is 1. The molecule has 0 aromatic rings. The second-order valence-electron chi connectivity index (χ2n) is 23.9. The topological polar surface area (TPSA) is 229 Å². The molecule has 73 heavy (non-hydrogen) atoms. The Bertz CT molecular complexity index is 1780. The molecule has 0 aromatic carbocycles. The van der Waals surface area contributed by atoms with Gasteiger partial charge in [0.25, 0.3) is 0 Å². The number of aliphatic hydroxyl groups excluding tert-OH is 2. The maximum absolute atomic E-state index is 15.3. The molecule has 3 N–H and O–H groups in total. The lowest BCUT2D eigenvalue weighted by atomic mass is 9.74. The summed E-state index contributed by atoms with van der Waals surface area (Å²) in [7, 11) is 4.32. The molecule has 0 radical (unpaired) electrons. The maximum Gasteiger partial charge on any atom is 0.311 e. The van der Waals surface area contributed by atoms with Gasteiger partial charge in [0.2, 0.25) is 0 Å². The lowest BCUT2D eigenvalue weighted by Crippen LogP contribution is -2.59. The van der Waals surface area contributed by atoms with Gasteiger partial charge in [0.15, 0.2) is 24.7 Å². The van der Waals surface area contributed by atoms with Gasteiger partial charge in [-0.2, -0.15) is 0 Å². The van der Waals surface area contributed by atoms with Crippen molar-refractivity contribution in [3.05, 3.63) is 0 Å². The summed E-state index contributed by atoms with van der Waals surface area (Å²) in [6, 6.07) is 0.0303. The summed E-state index contributed by atoms with van der Waals surface area (Å²) in [6.07, 6.45) is -11.9. The first kappa shape index (κ1) is 63.1. The van der Waals surface area contributed by atoms with Crippen LogP contribution in [0.5, 0.6) is 0 Å². The molecule has 19 nitrogen and oxygen atoms in total. The zero-order valence-corrected chi connectivity index (χ0v) is 47.6. The van der Waals surface area contributed by atoms with Crippen LogP contribution in [0.1, 0.15) is 136 Å². The minimum atomic E-state index is -2.02. The lowest BCUT2D eigenvalue weighted by Gasteiger charge is -2.44. The first-order chi connectivity index (χ1) is 33.9. The molecule has 4 aliphatic heterocycles. The quantitative estimate of drug-likeness (QED) is 0.132. The third kappa shape index (κ3) is 16.8. The molecule has 4 saturated heterocycles. The predicted octanol–water partition coefficient (Wildman–Crippen LogP) is 5.69. The van der Waals surface area contributed by atoms with Crippen LogP contribution in [0.3, 0.4) is 0 Å². The minimum Gasteiger partial charge on any atom is -0.461 e. The molecule has 0 saturated carbocycles. The van der Waals surface area contributed by atoms with Crippen molar-refractivity contribution < 1.29 is 81.9 Å². The number of ether oxygens (including phenoxy) is 10. The van der Waals surface area contributed by atoms with E-state index in [9.17, 15) is 24.9 Å². The van der Waals surface area contributed by atoms with E-state index in [2.05, 4.69) is 37.8 Å². The van der Waals surface area contributed by atoms with Crippen LogP contribution in [0.2, 0.25) is 0 Å². The van der Waals surface area contributed by atoms with E-state index in [0.29, 0.717) is 18.7 Å². The Balaban J connectivity index is 1.89. The van der Waals surface area contributed by atoms with E-state index in [1.54, 1.807) is 27.7 Å². The van der Waals surface area contributed by atoms with Crippen LogP contribution >= 0.6 is 0 Å². The van der Waals surface area contributed by atoms with Crippen molar-refractivity contribution in [1.29, 1.82) is 0 Å². The number of aliphatic hydroxyl groups is 3. The number of rotatable bonds is 15. The highest BCUT2D eigenvalue weighted by molar-refractivity contribution is 5.90. The Morgan fingerprint density at radius 3 is 2.05 bits per heavy atom. The second-order valence-corrected chi connectivity index (χ2v) is 23.9. The van der Waals surface area contributed by atoms with E-state index in [4.69, 9.17) is 52.2 Å². The average Bonchev–Trinajstić information content (AvgIpc) is 3.42. The number of methoxy groups -OCH3 is 2. The fourth-order valence-electron chi connectivity index (χ4n) is 11.4. The normalized spacial score (nSPS) is 42.2. The smallest absolute Gasteiger partial charge is 0.311 e. The van der Waals surface area contributed by atoms with Gasteiger partial charge in [-0.15, -0.1) is 0 Å². The molecule has 0 amide bonds. The average molecular weight is 1050 g/mol. The molecule has 4 rings (SSSR count). The Labute approximate surface area is 436 Å². The second kappa shape index (κ2) is 27.3. The Morgan fingerprint density at radius 2 is 1.47 bits per heavy atom. The number of nitrogens with zero attached hydrogens (tertiary/aromatic N) is 2. The standard InChI is InChI=1S/C54H96N2O17/c1-27(2)20-39(57)70-45-34(9)44(29(4)25-66-52-48(64-18)47(63-17)41(58)37(12)69-52)72-50(61)36(11)46(71-40-21-30(5)56(24-32(7)67-40)26-53(13,14)15)33(8)43(28(3)23-54(16,62)49(60)35(45)10)73-51-42(59)38(55-65-19)22-31(6)68-51/h27-37,40-48,51-52,58-59,62H,20-26H2,1-19H3/b55-38+/t28-,29-,30?,31+,32-,33+,34-,35+,36+,37+,40-,41+,42+,43-,44+,45+,46-,47+,48+,51-,52?,54-/m0/s1. The van der Waals surface area contributed by atoms with Crippen molar-refractivity contribution in [2.45, 2.75) is 234 Å². The van der Waals surface area contributed by atoms with Crippen molar-refractivity contribution in [2.75, 3.05) is 41.0 Å². The monoisotopic (exact) mass is 1040 g/mol. The summed E-state index contributed by atoms with van der Waals surface area (Å²) in [6.45, 7) is 31.5. The zero-order valence-electron chi connectivity index (χ0n) is 47.6. The number of esters is 2. The molecule has 4 heterocycles. The fourth-order valence-corrected chi connectivity index (χ4v) is 11.4. The molecule has 0 bridgehead atoms. The maximum atomic E-state index is 15.3. The first-order valence-corrected chi connectivity index (χ1v) is 26.8. The Kier molecular flexibility index (Phi) is 23.6. The fraction of sp³-hybridized carbons (Fsp3) is 0.926. The number of ketones is 1. The number of carbonyl (C=O) groups excluding carboxylic acids is 3. The third-order valence-corrected chi connectivity index (χ3v) is 15.1. The lowest BCUT2D eigenvalue weighted by molar-refractivity contribution is -0.305. The summed E-state index contributed by atoms with van der Waals surface area (Å²) in [5.74, 6) is -6.88. The van der Waals surface area contributed by atoms with Gasteiger partial charge in [-0.25, -0.2) is 0 Å². The highest BCUT2D eigenvalue weighted by atomic mass is 16.7. The van der Waals surface area contributed by atoms with Crippen molar-refractivity contribution in [1.82, 2.24) is 4.90 Å². The Hall–Kier alpha value is -2.40. The number of oxime groups is 1. The Morgan fingerprint density at radius 1 is 0.822 bits per heavy atom. The molecule has 0 spiro atoms. The van der Waals surface area contributed by atoms with Crippen molar-refractivity contribution in [3.63, 3.8) is 0 Å². The van der Waals surface area contributed by atoms with E-state index >= 15 is 4.79 Å². The van der Waals surface area contributed by atoms with E-state index in [-0.39, 0.29) is 49.3 Å². The van der Waals surface area contributed by atoms with Gasteiger partial charge in [-0.3, -0.25) is 19.3 Å². The van der Waals surface area contributed by atoms with Crippen LogP contribution in [-0.4, -0.2) is 182 Å². The van der Waals surface area contributed by atoms with Crippen LogP contribution < -0.4 is 0 Å². The largest absolute Gasteiger partial charge is 0.461 e. The molecule has 2 unspecified atom stereocenters. The van der Waals surface area contributed by atoms with Gasteiger partial charge in [0, 0.05) is 70.4 Å². The molecular formula is C54H96N2O17. The van der Waals surface area contributed by atoms with Crippen LogP contribution in [0, 0.1) is 46.8 Å². The van der Waals surface area contributed by atoms with Crippen LogP contribution in [0.15, 0.2) is 5.16 Å². The van der Waals surface area contributed by atoms with Gasteiger partial charge in [-0.05, 0) is 65.2 Å². The van der Waals surface area contributed by atoms with Crippen molar-refractivity contribution in [3.8, 4) is 0 Å². The SMILES string of the molecule is CO/N=C1\C[C@@H](C)O[C@@H](O[C@@H]2[C@@H](C)[C@H](O[C@H]3CC(C)N(CC(C)(C)C)C[C@H](C)O3)[C@@H](C)C(=O)O[C@H]([C@@H](C)COC3O[C@H](C)[C@@H](O)[C@@H](OC)[C@H]3OC)[C@H](C)[C@@H](OC(=O)CC(C)C)[C@@H](C)C(=O)[C@@](C)(O)C[C@@H]2C)[C@@H]1O. The van der Waals surface area contributed by atoms with E-state index in [1.165, 1.54) is 28.3 Å². The van der Waals surface area contributed by atoms with Crippen LogP contribution in [-0.2, 0) is 66.6 Å². The van der Waals surface area contributed by atoms with E-state index in [1.807, 2.05) is 48.5 Å². The first-order valence-electron chi connectivity index (χ1n) is 26.8. The number of hydrogen-bond donors (Lipinski definition) is 3. The zero-order chi connectivity index (χ0) is 55.0. The summed E-state index contributed by atoms with van der Waals surface area (Å²) in [5.41, 5.74) is -1.69. The molecule has 4 fully saturated rings. The molecule has 22 atom stereocenters. The summed E-state index contributed by atoms with van der Waals surface area (Å²) < 4.78 is 63.7. The van der Waals surface area contributed by atoms with Gasteiger partial charge in [0.05, 0.1) is 54.7 Å². The molecule has 424 valence electrons. The van der Waals surface area contributed by atoms with Crippen LogP contribution in [0.4, 0.5) is 0 Å². The molecular weight excluding hydrogens is 949 g/mol. The van der Waals surface area contributed by atoms with E-state index < -0.39 is 139 Å². The van der Waals surface area contributed by atoms with Gasteiger partial charge in [0.1, 0.15) is 49.3 Å². The number of hydrogen-bond acceptors (Lipinski definition) is 19. The third-order valence-electron chi connectivity index (χ3n) is 15.1. The molecule has 19 heteroatoms. The summed E-state index contributed by atoms with van der Waals surface area (Å²) >= 11 is 0. The minimum absolute atomic E-state index is 0.00846. The van der Waals surface area contributed by atoms with Crippen LogP contribution in [0.25, 0.3) is 0 Å². The summed E-state index contributed by atoms with van der Waals surface area (Å²) in [4.78, 5) is 51.4. The molecule has 0 aromatic heterocycles. The van der Waals surface area contributed by atoms with Gasteiger partial charge >= 0.3 is 11.9 Å². The highest BCUT2D eigenvalue weighted by Gasteiger charge is 2.51. The highest BCUT2D eigenvalue weighted by Crippen LogP contribution is 2.40. The van der Waals surface area contributed by atoms with E-state index in [0.717, 1.165) is 6.54 Å². The molecule has 0 aliphatic carbocycles. The predicted molar refractivity (Wildman–Crippen MR) is 271 cm³/mol. The molecule has 4 aliphatic rings. The number of carbonyl (C=O) groups is 3. The van der Waals surface area contributed by atoms with Gasteiger partial charge in [-0.1, -0.05) is 74.4 Å². The van der Waals surface area contributed by atoms with Crippen molar-refractivity contribution in [2.24, 2.45) is 52.0 Å². The van der Waals surface area contributed by atoms with Gasteiger partial charge < -0.3 is 67.5 Å². The summed E-state index contributed by atoms with van der Waals surface area (Å²) in [5, 5.41) is 39.1. The number of cyclic esters (lactones) is 1.